The number of nitrogens with zero attached hydrogens (tertiary/aromatic N) is 2. The summed E-state index contributed by atoms with van der Waals surface area (Å²) >= 11 is 0. The molecule has 0 radical (unpaired) electrons. The van der Waals surface area contributed by atoms with Crippen LogP contribution in [0.25, 0.3) is 0 Å². The smallest absolute Gasteiger partial charge is 0.264 e. The average Bonchev–Trinajstić information content (AvgIpc) is 3.03. The number of sulfonamides is 1. The summed E-state index contributed by atoms with van der Waals surface area (Å²) in [7, 11) is -4.10. The van der Waals surface area contributed by atoms with Gasteiger partial charge in [0.1, 0.15) is 12.6 Å². The molecule has 0 unspecified atom stereocenters. The maximum atomic E-state index is 14.4. The molecule has 0 spiro atoms. The van der Waals surface area contributed by atoms with Gasteiger partial charge in [0.15, 0.2) is 0 Å². The molecular formula is C35H39N3O4S. The van der Waals surface area contributed by atoms with E-state index in [0.29, 0.717) is 12.2 Å². The number of carbonyl (C=O) groups is 2. The Morgan fingerprint density at radius 1 is 0.791 bits per heavy atom. The van der Waals surface area contributed by atoms with Gasteiger partial charge in [-0.3, -0.25) is 13.9 Å². The van der Waals surface area contributed by atoms with Crippen molar-refractivity contribution >= 4 is 27.5 Å². The Kier molecular flexibility index (Phi) is 11.1. The van der Waals surface area contributed by atoms with Gasteiger partial charge >= 0.3 is 0 Å². The van der Waals surface area contributed by atoms with Gasteiger partial charge in [0.05, 0.1) is 10.6 Å². The molecule has 7 nitrogen and oxygen atoms in total. The van der Waals surface area contributed by atoms with Crippen molar-refractivity contribution in [1.29, 1.82) is 0 Å². The Morgan fingerprint density at radius 3 is 2.02 bits per heavy atom. The third kappa shape index (κ3) is 8.55. The maximum absolute atomic E-state index is 14.4. The lowest BCUT2D eigenvalue weighted by atomic mass is 10.0. The van der Waals surface area contributed by atoms with Gasteiger partial charge in [0.25, 0.3) is 10.0 Å². The van der Waals surface area contributed by atoms with Crippen molar-refractivity contribution in [2.75, 3.05) is 17.4 Å². The first-order valence-corrected chi connectivity index (χ1v) is 16.0. The van der Waals surface area contributed by atoms with E-state index in [4.69, 9.17) is 0 Å². The van der Waals surface area contributed by atoms with Crippen LogP contribution in [-0.4, -0.2) is 44.3 Å². The van der Waals surface area contributed by atoms with Crippen LogP contribution in [0.4, 0.5) is 5.69 Å². The quantitative estimate of drug-likeness (QED) is 0.188. The first kappa shape index (κ1) is 31.5. The van der Waals surface area contributed by atoms with E-state index >= 15 is 0 Å². The number of rotatable bonds is 14. The average molecular weight is 598 g/mol. The Hall–Kier alpha value is -4.43. The molecule has 0 aliphatic carbocycles. The molecule has 2 amide bonds. The fraction of sp³-hybridized carbons (Fsp3) is 0.257. The van der Waals surface area contributed by atoms with Crippen molar-refractivity contribution < 1.29 is 18.0 Å². The minimum absolute atomic E-state index is 0.0787. The van der Waals surface area contributed by atoms with E-state index in [2.05, 4.69) is 5.32 Å². The second-order valence-electron chi connectivity index (χ2n) is 10.5. The molecule has 4 rings (SSSR count). The minimum Gasteiger partial charge on any atom is -0.354 e. The number of anilines is 1. The Balaban J connectivity index is 1.76. The largest absolute Gasteiger partial charge is 0.354 e. The molecule has 224 valence electrons. The van der Waals surface area contributed by atoms with E-state index in [1.165, 1.54) is 17.0 Å². The minimum atomic E-state index is -4.10. The molecule has 0 saturated heterocycles. The van der Waals surface area contributed by atoms with Gasteiger partial charge in [-0.05, 0) is 48.7 Å². The number of carbonyl (C=O) groups excluding carboxylic acids is 2. The highest BCUT2D eigenvalue weighted by Gasteiger charge is 2.34. The molecule has 1 atom stereocenters. The standard InChI is InChI=1S/C35H39N3O4S/c1-3-4-23-36-35(40)33(25-29-16-8-5-9-17-29)37(26-30-18-14-15-28(2)24-30)34(39)27-38(31-19-10-6-11-20-31)43(41,42)32-21-12-7-13-22-32/h5-22,24,33H,3-4,23,25-27H2,1-2H3,(H,36,40)/t33-/m0/s1. The van der Waals surface area contributed by atoms with Gasteiger partial charge in [-0.1, -0.05) is 110 Å². The summed E-state index contributed by atoms with van der Waals surface area (Å²) < 4.78 is 29.0. The predicted molar refractivity (Wildman–Crippen MR) is 171 cm³/mol. The van der Waals surface area contributed by atoms with Crippen LogP contribution >= 0.6 is 0 Å². The molecule has 8 heteroatoms. The molecule has 0 saturated carbocycles. The van der Waals surface area contributed by atoms with Gasteiger partial charge in [-0.25, -0.2) is 8.42 Å². The van der Waals surface area contributed by atoms with Crippen LogP contribution in [-0.2, 0) is 32.6 Å². The summed E-state index contributed by atoms with van der Waals surface area (Å²) in [6.45, 7) is 4.18. The SMILES string of the molecule is CCCCNC(=O)[C@H](Cc1ccccc1)N(Cc1cccc(C)c1)C(=O)CN(c1ccccc1)S(=O)(=O)c1ccccc1. The Bertz CT molecular complexity index is 1580. The number of nitrogens with one attached hydrogen (secondary N) is 1. The fourth-order valence-corrected chi connectivity index (χ4v) is 6.35. The van der Waals surface area contributed by atoms with E-state index in [-0.39, 0.29) is 23.8 Å². The van der Waals surface area contributed by atoms with Crippen molar-refractivity contribution in [2.45, 2.75) is 50.6 Å². The second kappa shape index (κ2) is 15.2. The third-order valence-electron chi connectivity index (χ3n) is 7.19. The van der Waals surface area contributed by atoms with Gasteiger partial charge < -0.3 is 10.2 Å². The van der Waals surface area contributed by atoms with Gasteiger partial charge in [-0.15, -0.1) is 0 Å². The fourth-order valence-electron chi connectivity index (χ4n) is 4.91. The predicted octanol–water partition coefficient (Wildman–Crippen LogP) is 5.75. The summed E-state index contributed by atoms with van der Waals surface area (Å²) in [6, 6.07) is 33.1. The number of benzene rings is 4. The number of aryl methyl sites for hydroxylation is 1. The van der Waals surface area contributed by atoms with Crippen LogP contribution in [0, 0.1) is 6.92 Å². The van der Waals surface area contributed by atoms with Gasteiger partial charge in [0.2, 0.25) is 11.8 Å². The highest BCUT2D eigenvalue weighted by atomic mass is 32.2. The molecule has 0 fully saturated rings. The van der Waals surface area contributed by atoms with E-state index in [1.54, 1.807) is 48.5 Å². The van der Waals surface area contributed by atoms with Crippen LogP contribution in [0.3, 0.4) is 0 Å². The molecule has 1 N–H and O–H groups in total. The van der Waals surface area contributed by atoms with Crippen molar-refractivity contribution in [3.63, 3.8) is 0 Å². The zero-order chi connectivity index (χ0) is 30.7. The van der Waals surface area contributed by atoms with Crippen LogP contribution in [0.5, 0.6) is 0 Å². The topological polar surface area (TPSA) is 86.8 Å². The summed E-state index contributed by atoms with van der Waals surface area (Å²) in [5.74, 6) is -0.744. The van der Waals surface area contributed by atoms with Crippen LogP contribution in [0.1, 0.15) is 36.5 Å². The molecule has 0 heterocycles. The Labute approximate surface area is 255 Å². The second-order valence-corrected chi connectivity index (χ2v) is 12.4. The van der Waals surface area contributed by atoms with Crippen LogP contribution in [0.2, 0.25) is 0 Å². The van der Waals surface area contributed by atoms with Crippen LogP contribution in [0.15, 0.2) is 120 Å². The number of hydrogen-bond donors (Lipinski definition) is 1. The van der Waals surface area contributed by atoms with Crippen molar-refractivity contribution in [3.05, 3.63) is 132 Å². The third-order valence-corrected chi connectivity index (χ3v) is 8.98. The monoisotopic (exact) mass is 597 g/mol. The molecule has 4 aromatic carbocycles. The summed E-state index contributed by atoms with van der Waals surface area (Å²) in [5.41, 5.74) is 3.14. The maximum Gasteiger partial charge on any atom is 0.264 e. The summed E-state index contributed by atoms with van der Waals surface area (Å²) in [4.78, 5) is 29.8. The molecule has 0 aliphatic heterocycles. The molecular weight excluding hydrogens is 558 g/mol. The number of hydrogen-bond acceptors (Lipinski definition) is 4. The summed E-state index contributed by atoms with van der Waals surface area (Å²) in [6.07, 6.45) is 2.01. The number of para-hydroxylation sites is 1. The first-order chi connectivity index (χ1) is 20.8. The zero-order valence-electron chi connectivity index (χ0n) is 24.7. The van der Waals surface area contributed by atoms with E-state index in [1.807, 2.05) is 68.4 Å². The lowest BCUT2D eigenvalue weighted by Crippen LogP contribution is -2.53. The highest BCUT2D eigenvalue weighted by molar-refractivity contribution is 7.92. The van der Waals surface area contributed by atoms with E-state index in [9.17, 15) is 18.0 Å². The molecule has 0 bridgehead atoms. The van der Waals surface area contributed by atoms with E-state index in [0.717, 1.165) is 33.8 Å². The van der Waals surface area contributed by atoms with E-state index < -0.39 is 28.5 Å². The Morgan fingerprint density at radius 2 is 1.40 bits per heavy atom. The zero-order valence-corrected chi connectivity index (χ0v) is 25.5. The summed E-state index contributed by atoms with van der Waals surface area (Å²) in [5, 5.41) is 3.01. The first-order valence-electron chi connectivity index (χ1n) is 14.6. The van der Waals surface area contributed by atoms with Gasteiger partial charge in [0, 0.05) is 19.5 Å². The number of unbranched alkanes of at least 4 members (excludes halogenated alkanes) is 1. The number of amides is 2. The van der Waals surface area contributed by atoms with Gasteiger partial charge in [-0.2, -0.15) is 0 Å². The lowest BCUT2D eigenvalue weighted by Gasteiger charge is -2.34. The van der Waals surface area contributed by atoms with Crippen molar-refractivity contribution in [3.8, 4) is 0 Å². The molecule has 43 heavy (non-hydrogen) atoms. The van der Waals surface area contributed by atoms with Crippen molar-refractivity contribution in [1.82, 2.24) is 10.2 Å². The van der Waals surface area contributed by atoms with Crippen LogP contribution < -0.4 is 9.62 Å². The normalized spacial score (nSPS) is 11.9. The highest BCUT2D eigenvalue weighted by Crippen LogP contribution is 2.25. The van der Waals surface area contributed by atoms with Crippen molar-refractivity contribution in [2.24, 2.45) is 0 Å². The molecule has 0 aliphatic rings. The molecule has 4 aromatic rings. The molecule has 0 aromatic heterocycles. The lowest BCUT2D eigenvalue weighted by molar-refractivity contribution is -0.140.